The number of piperidine rings is 1. The number of rotatable bonds is 5. The van der Waals surface area contributed by atoms with E-state index in [2.05, 4.69) is 15.5 Å². The Morgan fingerprint density at radius 2 is 2.00 bits per heavy atom. The number of benzene rings is 1. The molecule has 8 heteroatoms. The summed E-state index contributed by atoms with van der Waals surface area (Å²) in [6, 6.07) is 10.4. The van der Waals surface area contributed by atoms with Crippen molar-refractivity contribution in [2.75, 3.05) is 13.1 Å². The summed E-state index contributed by atoms with van der Waals surface area (Å²) in [7, 11) is -3.61. The molecule has 0 bridgehead atoms. The first-order valence-electron chi connectivity index (χ1n) is 9.19. The zero-order chi connectivity index (χ0) is 20.1. The fourth-order valence-electron chi connectivity index (χ4n) is 3.11. The molecule has 1 aliphatic heterocycles. The SMILES string of the molecule is C/C(=N/NC(=O)[C@@H]1CCCN(S(=O)(=O)c2ccc(C)cc2)C1)c1cccnc1. The molecule has 1 fully saturated rings. The summed E-state index contributed by atoms with van der Waals surface area (Å²) in [6.45, 7) is 4.26. The first-order chi connectivity index (χ1) is 13.4. The van der Waals surface area contributed by atoms with Gasteiger partial charge >= 0.3 is 0 Å². The van der Waals surface area contributed by atoms with Crippen molar-refractivity contribution in [2.45, 2.75) is 31.6 Å². The minimum absolute atomic E-state index is 0.156. The van der Waals surface area contributed by atoms with Crippen LogP contribution in [0.2, 0.25) is 0 Å². The molecular formula is C20H24N4O3S. The summed E-state index contributed by atoms with van der Waals surface area (Å²) in [4.78, 5) is 16.8. The highest BCUT2D eigenvalue weighted by Gasteiger charge is 2.33. The molecule has 0 saturated carbocycles. The van der Waals surface area contributed by atoms with Gasteiger partial charge < -0.3 is 0 Å². The van der Waals surface area contributed by atoms with E-state index in [0.29, 0.717) is 25.1 Å². The van der Waals surface area contributed by atoms with Crippen molar-refractivity contribution in [3.8, 4) is 0 Å². The highest BCUT2D eigenvalue weighted by Crippen LogP contribution is 2.24. The number of sulfonamides is 1. The summed E-state index contributed by atoms with van der Waals surface area (Å²) in [5.74, 6) is -0.702. The predicted molar refractivity (Wildman–Crippen MR) is 107 cm³/mol. The van der Waals surface area contributed by atoms with E-state index < -0.39 is 15.9 Å². The van der Waals surface area contributed by atoms with E-state index in [9.17, 15) is 13.2 Å². The molecule has 1 saturated heterocycles. The van der Waals surface area contributed by atoms with Crippen LogP contribution in [-0.4, -0.2) is 42.4 Å². The third-order valence-electron chi connectivity index (χ3n) is 4.83. The summed E-state index contributed by atoms with van der Waals surface area (Å²) in [5.41, 5.74) is 5.02. The zero-order valence-corrected chi connectivity index (χ0v) is 16.8. The van der Waals surface area contributed by atoms with Gasteiger partial charge in [0.05, 0.1) is 16.5 Å². The van der Waals surface area contributed by atoms with Gasteiger partial charge in [-0.1, -0.05) is 23.8 Å². The number of aromatic nitrogens is 1. The monoisotopic (exact) mass is 400 g/mol. The van der Waals surface area contributed by atoms with E-state index in [1.807, 2.05) is 13.0 Å². The molecular weight excluding hydrogens is 376 g/mol. The lowest BCUT2D eigenvalue weighted by Gasteiger charge is -2.30. The minimum atomic E-state index is -3.61. The topological polar surface area (TPSA) is 91.7 Å². The average molecular weight is 401 g/mol. The van der Waals surface area contributed by atoms with Crippen LogP contribution in [0.15, 0.2) is 58.8 Å². The van der Waals surface area contributed by atoms with Crippen molar-refractivity contribution in [3.63, 3.8) is 0 Å². The molecule has 28 heavy (non-hydrogen) atoms. The van der Waals surface area contributed by atoms with E-state index in [0.717, 1.165) is 11.1 Å². The average Bonchev–Trinajstić information content (AvgIpc) is 2.72. The predicted octanol–water partition coefficient (Wildman–Crippen LogP) is 2.33. The van der Waals surface area contributed by atoms with Crippen LogP contribution >= 0.6 is 0 Å². The molecule has 3 rings (SSSR count). The van der Waals surface area contributed by atoms with Crippen molar-refractivity contribution < 1.29 is 13.2 Å². The second-order valence-electron chi connectivity index (χ2n) is 6.93. The molecule has 1 aliphatic rings. The van der Waals surface area contributed by atoms with Gasteiger partial charge in [-0.2, -0.15) is 9.41 Å². The molecule has 0 radical (unpaired) electrons. The number of carbonyl (C=O) groups excluding carboxylic acids is 1. The van der Waals surface area contributed by atoms with Crippen LogP contribution in [0.1, 0.15) is 30.9 Å². The Kier molecular flexibility index (Phi) is 6.21. The maximum Gasteiger partial charge on any atom is 0.244 e. The maximum absolute atomic E-state index is 12.9. The number of hydrogen-bond donors (Lipinski definition) is 1. The summed E-state index contributed by atoms with van der Waals surface area (Å²) in [5, 5.41) is 4.13. The van der Waals surface area contributed by atoms with Crippen LogP contribution in [0.25, 0.3) is 0 Å². The van der Waals surface area contributed by atoms with Gasteiger partial charge in [-0.05, 0) is 44.9 Å². The Hall–Kier alpha value is -2.58. The second kappa shape index (κ2) is 8.62. The van der Waals surface area contributed by atoms with Gasteiger partial charge in [-0.15, -0.1) is 0 Å². The number of nitrogens with zero attached hydrogens (tertiary/aromatic N) is 3. The lowest BCUT2D eigenvalue weighted by atomic mass is 9.99. The van der Waals surface area contributed by atoms with Crippen molar-refractivity contribution in [3.05, 3.63) is 59.9 Å². The number of amides is 1. The van der Waals surface area contributed by atoms with Gasteiger partial charge in [0.2, 0.25) is 15.9 Å². The molecule has 0 spiro atoms. The normalized spacial score (nSPS) is 18.6. The molecule has 0 unspecified atom stereocenters. The molecule has 0 aliphatic carbocycles. The van der Waals surface area contributed by atoms with Gasteiger partial charge in [0.15, 0.2) is 0 Å². The van der Waals surface area contributed by atoms with Gasteiger partial charge in [-0.3, -0.25) is 9.78 Å². The first-order valence-corrected chi connectivity index (χ1v) is 10.6. The van der Waals surface area contributed by atoms with Gasteiger partial charge in [0.1, 0.15) is 0 Å². The largest absolute Gasteiger partial charge is 0.273 e. The Morgan fingerprint density at radius 1 is 1.25 bits per heavy atom. The lowest BCUT2D eigenvalue weighted by molar-refractivity contribution is -0.126. The minimum Gasteiger partial charge on any atom is -0.273 e. The number of carbonyl (C=O) groups is 1. The number of nitrogens with one attached hydrogen (secondary N) is 1. The summed E-state index contributed by atoms with van der Waals surface area (Å²) in [6.07, 6.45) is 4.60. The third-order valence-corrected chi connectivity index (χ3v) is 6.71. The van der Waals surface area contributed by atoms with E-state index in [4.69, 9.17) is 0 Å². The lowest BCUT2D eigenvalue weighted by Crippen LogP contribution is -2.44. The third kappa shape index (κ3) is 4.63. The van der Waals surface area contributed by atoms with E-state index in [1.165, 1.54) is 4.31 Å². The molecule has 7 nitrogen and oxygen atoms in total. The van der Waals surface area contributed by atoms with Crippen LogP contribution in [0.3, 0.4) is 0 Å². The Labute approximate surface area is 165 Å². The van der Waals surface area contributed by atoms with Gasteiger partial charge in [-0.25, -0.2) is 13.8 Å². The van der Waals surface area contributed by atoms with Gasteiger partial charge in [0, 0.05) is 31.0 Å². The molecule has 148 valence electrons. The quantitative estimate of drug-likeness (QED) is 0.616. The Bertz CT molecular complexity index is 957. The smallest absolute Gasteiger partial charge is 0.244 e. The molecule has 1 N–H and O–H groups in total. The Balaban J connectivity index is 1.67. The number of aryl methyl sites for hydroxylation is 1. The summed E-state index contributed by atoms with van der Waals surface area (Å²) < 4.78 is 27.1. The van der Waals surface area contributed by atoms with E-state index >= 15 is 0 Å². The fraction of sp³-hybridized carbons (Fsp3) is 0.350. The second-order valence-corrected chi connectivity index (χ2v) is 8.87. The van der Waals surface area contributed by atoms with Crippen molar-refractivity contribution in [2.24, 2.45) is 11.0 Å². The van der Waals surface area contributed by atoms with Crippen LogP contribution in [0, 0.1) is 12.8 Å². The van der Waals surface area contributed by atoms with Crippen molar-refractivity contribution in [1.29, 1.82) is 0 Å². The number of hydrogen-bond acceptors (Lipinski definition) is 5. The number of pyridine rings is 1. The van der Waals surface area contributed by atoms with Gasteiger partial charge in [0.25, 0.3) is 0 Å². The zero-order valence-electron chi connectivity index (χ0n) is 16.0. The molecule has 1 aromatic heterocycles. The van der Waals surface area contributed by atoms with Crippen LogP contribution in [-0.2, 0) is 14.8 Å². The molecule has 1 aromatic carbocycles. The Morgan fingerprint density at radius 3 is 2.68 bits per heavy atom. The maximum atomic E-state index is 12.9. The highest BCUT2D eigenvalue weighted by molar-refractivity contribution is 7.89. The fourth-order valence-corrected chi connectivity index (χ4v) is 4.63. The first kappa shape index (κ1) is 20.2. The van der Waals surface area contributed by atoms with Crippen LogP contribution < -0.4 is 5.43 Å². The standard InChI is InChI=1S/C20H24N4O3S/c1-15-7-9-19(10-8-15)28(26,27)24-12-4-6-18(14-24)20(25)23-22-16(2)17-5-3-11-21-13-17/h3,5,7-11,13,18H,4,6,12,14H2,1-2H3,(H,23,25)/b22-16-/t18-/m1/s1. The van der Waals surface area contributed by atoms with Crippen LogP contribution in [0.4, 0.5) is 0 Å². The van der Waals surface area contributed by atoms with Crippen molar-refractivity contribution >= 4 is 21.6 Å². The molecule has 1 amide bonds. The van der Waals surface area contributed by atoms with E-state index in [1.54, 1.807) is 49.6 Å². The highest BCUT2D eigenvalue weighted by atomic mass is 32.2. The number of hydrazone groups is 1. The molecule has 2 heterocycles. The van der Waals surface area contributed by atoms with Crippen molar-refractivity contribution in [1.82, 2.24) is 14.7 Å². The molecule has 1 atom stereocenters. The summed E-state index contributed by atoms with van der Waals surface area (Å²) >= 11 is 0. The van der Waals surface area contributed by atoms with Crippen LogP contribution in [0.5, 0.6) is 0 Å². The molecule has 2 aromatic rings. The van der Waals surface area contributed by atoms with E-state index in [-0.39, 0.29) is 17.3 Å².